The lowest BCUT2D eigenvalue weighted by atomic mass is 9.83. The zero-order valence-corrected chi connectivity index (χ0v) is 34.4. The first-order valence-electron chi connectivity index (χ1n) is 18.0. The van der Waals surface area contributed by atoms with Gasteiger partial charge in [0, 0.05) is 33.1 Å². The maximum absolute atomic E-state index is 11.6. The maximum atomic E-state index is 11.6. The predicted molar refractivity (Wildman–Crippen MR) is 205 cm³/mol. The monoisotopic (exact) mass is 758 g/mol. The van der Waals surface area contributed by atoms with Crippen molar-refractivity contribution in [3.63, 3.8) is 0 Å². The Morgan fingerprint density at radius 3 is 2.34 bits per heavy atom. The molecular formula is C37H53ClN3O6SSi2. The van der Waals surface area contributed by atoms with Gasteiger partial charge >= 0.3 is 6.01 Å². The molecule has 1 saturated carbocycles. The van der Waals surface area contributed by atoms with Gasteiger partial charge in [-0.3, -0.25) is 9.36 Å². The van der Waals surface area contributed by atoms with Crippen molar-refractivity contribution in [2.75, 3.05) is 19.8 Å². The highest BCUT2D eigenvalue weighted by Gasteiger charge is 2.52. The molecule has 4 atom stereocenters. The van der Waals surface area contributed by atoms with Crippen LogP contribution in [0.1, 0.15) is 64.9 Å². The van der Waals surface area contributed by atoms with E-state index in [4.69, 9.17) is 44.9 Å². The number of aromatic nitrogens is 3. The summed E-state index contributed by atoms with van der Waals surface area (Å²) >= 11 is 8.39. The molecule has 0 N–H and O–H groups in total. The molecule has 3 fully saturated rings. The standard InChI is InChI=1S/C37H53ClN3O6SSi2/c1-23(42)48-27-15-13-25(14-16-27)24-9-11-26(12-10-24)32-28(38)19-29-35(40-32)41(22-43-17-18-49(5)6)36(39-29)46-30-20-44-34-31(21-45-33(30)34)47-50(7,8)37(2,3)4/h9-12,19,25,27,30-31,33-34H,13-18,20-22H2,1-8H3/t25?,27?,30-,31-,33-,34-/m1/s1. The van der Waals surface area contributed by atoms with Crippen LogP contribution in [0.2, 0.25) is 42.3 Å². The van der Waals surface area contributed by atoms with Crippen molar-refractivity contribution in [2.45, 2.75) is 133 Å². The summed E-state index contributed by atoms with van der Waals surface area (Å²) in [6.45, 7) is 19.3. The molecule has 2 aliphatic heterocycles. The Morgan fingerprint density at radius 2 is 1.70 bits per heavy atom. The molecule has 13 heteroatoms. The van der Waals surface area contributed by atoms with E-state index in [-0.39, 0.29) is 41.3 Å². The van der Waals surface area contributed by atoms with Crippen molar-refractivity contribution in [1.29, 1.82) is 0 Å². The van der Waals surface area contributed by atoms with Gasteiger partial charge in [-0.2, -0.15) is 4.98 Å². The summed E-state index contributed by atoms with van der Waals surface area (Å²) in [6.07, 6.45) is 3.43. The Balaban J connectivity index is 1.21. The Morgan fingerprint density at radius 1 is 1.04 bits per heavy atom. The minimum atomic E-state index is -2.01. The van der Waals surface area contributed by atoms with Crippen LogP contribution >= 0.6 is 23.4 Å². The van der Waals surface area contributed by atoms with E-state index >= 15 is 0 Å². The second-order valence-electron chi connectivity index (χ2n) is 15.9. The molecule has 0 bridgehead atoms. The molecule has 0 spiro atoms. The molecule has 1 aromatic carbocycles. The quantitative estimate of drug-likeness (QED) is 0.133. The van der Waals surface area contributed by atoms with Crippen molar-refractivity contribution in [1.82, 2.24) is 14.5 Å². The molecule has 3 aliphatic rings. The van der Waals surface area contributed by atoms with Gasteiger partial charge in [0.25, 0.3) is 0 Å². The van der Waals surface area contributed by atoms with Crippen LogP contribution in [-0.4, -0.2) is 86.3 Å². The van der Waals surface area contributed by atoms with Crippen molar-refractivity contribution in [3.8, 4) is 17.3 Å². The number of rotatable bonds is 12. The topological polar surface area (TPSA) is 93.9 Å². The number of halogens is 1. The number of nitrogens with zero attached hydrogens (tertiary/aromatic N) is 3. The van der Waals surface area contributed by atoms with Crippen molar-refractivity contribution < 1.29 is 28.2 Å². The number of pyridine rings is 1. The smallest absolute Gasteiger partial charge is 0.301 e. The zero-order chi connectivity index (χ0) is 35.8. The lowest BCUT2D eigenvalue weighted by molar-refractivity contribution is -0.109. The Hall–Kier alpha value is -1.78. The number of hydrogen-bond donors (Lipinski definition) is 0. The normalized spacial score (nSPS) is 25.8. The Labute approximate surface area is 309 Å². The summed E-state index contributed by atoms with van der Waals surface area (Å²) in [5, 5.41) is 1.28. The number of thioether (sulfide) groups is 1. The van der Waals surface area contributed by atoms with Crippen LogP contribution in [0.3, 0.4) is 0 Å². The van der Waals surface area contributed by atoms with Gasteiger partial charge in [0.15, 0.2) is 25.2 Å². The van der Waals surface area contributed by atoms with E-state index in [0.29, 0.717) is 58.9 Å². The fourth-order valence-corrected chi connectivity index (χ4v) is 9.93. The van der Waals surface area contributed by atoms with E-state index in [1.165, 1.54) is 17.3 Å². The Bertz CT molecular complexity index is 1640. The number of imidazole rings is 1. The highest BCUT2D eigenvalue weighted by molar-refractivity contribution is 8.14. The fraction of sp³-hybridized carbons (Fsp3) is 0.649. The maximum Gasteiger partial charge on any atom is 0.301 e. The summed E-state index contributed by atoms with van der Waals surface area (Å²) in [7, 11) is -2.43. The summed E-state index contributed by atoms with van der Waals surface area (Å²) in [5.74, 6) is 0.502. The third kappa shape index (κ3) is 8.54. The van der Waals surface area contributed by atoms with Crippen molar-refractivity contribution in [2.24, 2.45) is 0 Å². The van der Waals surface area contributed by atoms with Crippen LogP contribution in [0.5, 0.6) is 6.01 Å². The number of benzene rings is 1. The lowest BCUT2D eigenvalue weighted by Crippen LogP contribution is -2.47. The lowest BCUT2D eigenvalue weighted by Gasteiger charge is -2.39. The van der Waals surface area contributed by atoms with Gasteiger partial charge in [0.05, 0.1) is 30.0 Å². The number of fused-ring (bicyclic) bond motifs is 2. The van der Waals surface area contributed by atoms with Gasteiger partial charge in [-0.05, 0) is 67.4 Å². The number of carbonyl (C=O) groups is 1. The van der Waals surface area contributed by atoms with E-state index < -0.39 is 17.1 Å². The van der Waals surface area contributed by atoms with Gasteiger partial charge in [0.1, 0.15) is 24.5 Å². The molecule has 2 saturated heterocycles. The number of ether oxygens (including phenoxy) is 4. The highest BCUT2D eigenvalue weighted by Crippen LogP contribution is 2.42. The Kier molecular flexibility index (Phi) is 11.9. The van der Waals surface area contributed by atoms with E-state index in [0.717, 1.165) is 37.3 Å². The summed E-state index contributed by atoms with van der Waals surface area (Å²) in [5.41, 5.74) is 4.27. The van der Waals surface area contributed by atoms with E-state index in [2.05, 4.69) is 71.2 Å². The van der Waals surface area contributed by atoms with E-state index in [9.17, 15) is 4.79 Å². The molecule has 50 heavy (non-hydrogen) atoms. The zero-order valence-electron chi connectivity index (χ0n) is 30.8. The molecule has 1 aliphatic carbocycles. The summed E-state index contributed by atoms with van der Waals surface area (Å²) < 4.78 is 34.0. The van der Waals surface area contributed by atoms with Gasteiger partial charge < -0.3 is 23.4 Å². The van der Waals surface area contributed by atoms with Crippen LogP contribution in [0.25, 0.3) is 22.4 Å². The molecule has 273 valence electrons. The summed E-state index contributed by atoms with van der Waals surface area (Å²) in [4.78, 5) is 21.5. The van der Waals surface area contributed by atoms with Crippen molar-refractivity contribution >= 4 is 56.8 Å². The molecule has 3 aromatic rings. The summed E-state index contributed by atoms with van der Waals surface area (Å²) in [6, 6.07) is 12.0. The average molecular weight is 760 g/mol. The molecule has 6 rings (SSSR count). The minimum Gasteiger partial charge on any atom is -0.456 e. The first-order chi connectivity index (χ1) is 23.7. The molecule has 0 amide bonds. The fourth-order valence-electron chi connectivity index (χ4n) is 6.83. The average Bonchev–Trinajstić information content (AvgIpc) is 3.73. The van der Waals surface area contributed by atoms with Crippen LogP contribution in [0, 0.1) is 0 Å². The molecule has 4 heterocycles. The molecule has 2 aromatic heterocycles. The third-order valence-electron chi connectivity index (χ3n) is 10.7. The molecule has 0 unspecified atom stereocenters. The van der Waals surface area contributed by atoms with Gasteiger partial charge in [-0.25, -0.2) is 4.98 Å². The van der Waals surface area contributed by atoms with Gasteiger partial charge in [-0.1, -0.05) is 81.5 Å². The van der Waals surface area contributed by atoms with Crippen LogP contribution in [0.15, 0.2) is 30.3 Å². The predicted octanol–water partition coefficient (Wildman–Crippen LogP) is 8.72. The van der Waals surface area contributed by atoms with Crippen LogP contribution < -0.4 is 4.74 Å². The molecular weight excluding hydrogens is 706 g/mol. The molecule has 9 nitrogen and oxygen atoms in total. The van der Waals surface area contributed by atoms with Gasteiger partial charge in [0.2, 0.25) is 0 Å². The number of hydrogen-bond acceptors (Lipinski definition) is 9. The first kappa shape index (κ1) is 38.0. The third-order valence-corrected chi connectivity index (χ3v) is 17.9. The van der Waals surface area contributed by atoms with E-state index in [1.54, 1.807) is 6.92 Å². The van der Waals surface area contributed by atoms with Crippen LogP contribution in [0.4, 0.5) is 0 Å². The van der Waals surface area contributed by atoms with Crippen LogP contribution in [-0.2, 0) is 30.2 Å². The number of carbonyl (C=O) groups excluding carboxylic acids is 1. The molecule has 1 radical (unpaired) electrons. The second kappa shape index (κ2) is 15.7. The second-order valence-corrected chi connectivity index (χ2v) is 25.4. The minimum absolute atomic E-state index is 0.0907. The van der Waals surface area contributed by atoms with Gasteiger partial charge in [-0.15, -0.1) is 0 Å². The largest absolute Gasteiger partial charge is 0.456 e. The van der Waals surface area contributed by atoms with Crippen molar-refractivity contribution in [3.05, 3.63) is 40.9 Å². The SMILES string of the molecule is CC(=O)SC1CCC(c2ccc(-c3nc4c(cc3Cl)nc(O[C@@H]3CO[C@H]5[C@@H]3OC[C@H]5O[Si](C)(C)C(C)(C)C)n4COCC[Si](C)C)cc2)CC1. The first-order valence-corrected chi connectivity index (χ1v) is 24.9. The van der Waals surface area contributed by atoms with E-state index in [1.807, 2.05) is 10.6 Å². The highest BCUT2D eigenvalue weighted by atomic mass is 35.5.